The monoisotopic (exact) mass is 345 g/mol. The van der Waals surface area contributed by atoms with Crippen LogP contribution >= 0.6 is 0 Å². The van der Waals surface area contributed by atoms with Crippen LogP contribution < -0.4 is 5.32 Å². The van der Waals surface area contributed by atoms with Crippen LogP contribution in [0.15, 0.2) is 11.6 Å². The van der Waals surface area contributed by atoms with Crippen molar-refractivity contribution in [3.05, 3.63) is 28.6 Å². The van der Waals surface area contributed by atoms with Crippen LogP contribution in [0.3, 0.4) is 0 Å². The van der Waals surface area contributed by atoms with E-state index in [0.29, 0.717) is 0 Å². The van der Waals surface area contributed by atoms with Gasteiger partial charge in [0.25, 0.3) is 11.8 Å². The van der Waals surface area contributed by atoms with Gasteiger partial charge in [-0.25, -0.2) is 4.79 Å². The van der Waals surface area contributed by atoms with Gasteiger partial charge in [0.1, 0.15) is 5.57 Å². The lowest BCUT2D eigenvalue weighted by Gasteiger charge is -2.24. The zero-order chi connectivity index (χ0) is 18.1. The zero-order valence-electron chi connectivity index (χ0n) is 14.8. The maximum absolute atomic E-state index is 12.4. The average molecular weight is 345 g/mol. The van der Waals surface area contributed by atoms with Gasteiger partial charge in [-0.15, -0.1) is 0 Å². The Kier molecular flexibility index (Phi) is 4.76. The Bertz CT molecular complexity index is 757. The molecule has 0 bridgehead atoms. The number of hydrogen-bond acceptors (Lipinski definition) is 4. The molecule has 1 aromatic rings. The van der Waals surface area contributed by atoms with E-state index in [0.717, 1.165) is 47.8 Å². The normalized spacial score (nSPS) is 22.8. The van der Waals surface area contributed by atoms with Crippen LogP contribution in [-0.4, -0.2) is 46.6 Å². The molecule has 25 heavy (non-hydrogen) atoms. The average Bonchev–Trinajstić information content (AvgIpc) is 3.16. The topological polar surface area (TPSA) is 80.6 Å². The Morgan fingerprint density at radius 2 is 2.08 bits per heavy atom. The fourth-order valence-corrected chi connectivity index (χ4v) is 3.38. The molecular formula is C18H23N3O4. The van der Waals surface area contributed by atoms with Crippen molar-refractivity contribution in [2.45, 2.75) is 46.3 Å². The van der Waals surface area contributed by atoms with E-state index < -0.39 is 17.8 Å². The number of ether oxygens (including phenoxy) is 1. The number of nitrogens with zero attached hydrogens (tertiary/aromatic N) is 2. The van der Waals surface area contributed by atoms with E-state index >= 15 is 0 Å². The van der Waals surface area contributed by atoms with Gasteiger partial charge in [0.15, 0.2) is 0 Å². The lowest BCUT2D eigenvalue weighted by Crippen LogP contribution is -2.53. The molecule has 0 saturated carbocycles. The third-order valence-corrected chi connectivity index (χ3v) is 4.82. The molecule has 134 valence electrons. The highest BCUT2D eigenvalue weighted by molar-refractivity contribution is 6.31. The quantitative estimate of drug-likeness (QED) is 0.666. The minimum absolute atomic E-state index is 0.0150. The molecule has 0 aromatic carbocycles. The number of aromatic nitrogens is 1. The molecule has 1 aromatic heterocycles. The van der Waals surface area contributed by atoms with Gasteiger partial charge in [0.05, 0.1) is 6.10 Å². The van der Waals surface area contributed by atoms with Crippen molar-refractivity contribution in [1.29, 1.82) is 0 Å². The summed E-state index contributed by atoms with van der Waals surface area (Å²) in [6.07, 6.45) is 3.90. The number of rotatable bonds is 4. The minimum Gasteiger partial charge on any atom is -0.376 e. The number of aryl methyl sites for hydroxylation is 1. The number of carbonyl (C=O) groups is 3. The highest BCUT2D eigenvalue weighted by Gasteiger charge is 2.34. The third-order valence-electron chi connectivity index (χ3n) is 4.82. The van der Waals surface area contributed by atoms with Gasteiger partial charge in [0.2, 0.25) is 0 Å². The van der Waals surface area contributed by atoms with Crippen molar-refractivity contribution in [3.8, 4) is 0 Å². The van der Waals surface area contributed by atoms with Crippen molar-refractivity contribution in [2.75, 3.05) is 13.2 Å². The summed E-state index contributed by atoms with van der Waals surface area (Å²) >= 11 is 0. The van der Waals surface area contributed by atoms with Crippen LogP contribution in [0.25, 0.3) is 6.08 Å². The molecule has 2 aliphatic rings. The number of hydrogen-bond donors (Lipinski definition) is 1. The fraction of sp³-hybridized carbons (Fsp3) is 0.500. The van der Waals surface area contributed by atoms with Crippen molar-refractivity contribution in [2.24, 2.45) is 0 Å². The second-order valence-corrected chi connectivity index (χ2v) is 6.44. The lowest BCUT2D eigenvalue weighted by atomic mass is 10.1. The molecule has 7 nitrogen and oxygen atoms in total. The van der Waals surface area contributed by atoms with E-state index in [1.54, 1.807) is 13.0 Å². The number of nitrogens with one attached hydrogen (secondary N) is 1. The molecule has 1 N–H and O–H groups in total. The van der Waals surface area contributed by atoms with Gasteiger partial charge in [-0.1, -0.05) is 0 Å². The van der Waals surface area contributed by atoms with Crippen LogP contribution in [0.2, 0.25) is 0 Å². The number of urea groups is 1. The summed E-state index contributed by atoms with van der Waals surface area (Å²) in [6.45, 7) is 7.43. The second-order valence-electron chi connectivity index (χ2n) is 6.44. The van der Waals surface area contributed by atoms with Gasteiger partial charge < -0.3 is 9.30 Å². The van der Waals surface area contributed by atoms with Gasteiger partial charge in [-0.2, -0.15) is 0 Å². The number of imide groups is 2. The first-order valence-corrected chi connectivity index (χ1v) is 8.59. The first-order chi connectivity index (χ1) is 11.9. The molecule has 2 aliphatic heterocycles. The SMILES string of the molecule is CCN1C(=O)NC(=O)/C(=C\c2cc(C)n(C[C@H]3CCCO3)c2C)C1=O. The molecule has 3 heterocycles. The summed E-state index contributed by atoms with van der Waals surface area (Å²) in [7, 11) is 0. The molecule has 0 radical (unpaired) electrons. The Balaban J connectivity index is 1.91. The molecule has 0 spiro atoms. The van der Waals surface area contributed by atoms with Crippen molar-refractivity contribution < 1.29 is 19.1 Å². The fourth-order valence-electron chi connectivity index (χ4n) is 3.38. The summed E-state index contributed by atoms with van der Waals surface area (Å²) in [6, 6.07) is 1.28. The van der Waals surface area contributed by atoms with E-state index in [4.69, 9.17) is 4.74 Å². The minimum atomic E-state index is -0.668. The predicted octanol–water partition coefficient (Wildman–Crippen LogP) is 1.77. The van der Waals surface area contributed by atoms with E-state index in [-0.39, 0.29) is 18.2 Å². The van der Waals surface area contributed by atoms with E-state index in [1.165, 1.54) is 0 Å². The zero-order valence-corrected chi connectivity index (χ0v) is 14.8. The molecule has 0 unspecified atom stereocenters. The molecular weight excluding hydrogens is 322 g/mol. The maximum Gasteiger partial charge on any atom is 0.331 e. The summed E-state index contributed by atoms with van der Waals surface area (Å²) in [4.78, 5) is 37.2. The van der Waals surface area contributed by atoms with E-state index in [9.17, 15) is 14.4 Å². The number of barbiturate groups is 1. The van der Waals surface area contributed by atoms with Crippen molar-refractivity contribution in [3.63, 3.8) is 0 Å². The largest absolute Gasteiger partial charge is 0.376 e. The number of likely N-dealkylation sites (N-methyl/N-ethyl adjacent to an activating group) is 1. The summed E-state index contributed by atoms with van der Waals surface area (Å²) in [5.74, 6) is -1.20. The smallest absolute Gasteiger partial charge is 0.331 e. The molecule has 2 fully saturated rings. The summed E-state index contributed by atoms with van der Waals surface area (Å²) < 4.78 is 7.85. The molecule has 3 rings (SSSR count). The first-order valence-electron chi connectivity index (χ1n) is 8.59. The first kappa shape index (κ1) is 17.4. The standard InChI is InChI=1S/C18H23N3O4/c1-4-20-17(23)15(16(22)19-18(20)24)9-13-8-11(2)21(12(13)3)10-14-6-5-7-25-14/h8-9,14H,4-7,10H2,1-3H3,(H,19,22,24)/b15-9+/t14-/m1/s1. The van der Waals surface area contributed by atoms with E-state index in [2.05, 4.69) is 9.88 Å². The molecule has 7 heteroatoms. The molecule has 4 amide bonds. The number of amides is 4. The van der Waals surface area contributed by atoms with Crippen LogP contribution in [0.5, 0.6) is 0 Å². The lowest BCUT2D eigenvalue weighted by molar-refractivity contribution is -0.129. The van der Waals surface area contributed by atoms with Gasteiger partial charge >= 0.3 is 6.03 Å². The highest BCUT2D eigenvalue weighted by atomic mass is 16.5. The third kappa shape index (κ3) is 3.24. The van der Waals surface area contributed by atoms with Crippen molar-refractivity contribution >= 4 is 23.9 Å². The van der Waals surface area contributed by atoms with Crippen LogP contribution in [0, 0.1) is 13.8 Å². The second kappa shape index (κ2) is 6.84. The summed E-state index contributed by atoms with van der Waals surface area (Å²) in [5.41, 5.74) is 2.81. The molecule has 0 aliphatic carbocycles. The Morgan fingerprint density at radius 1 is 1.32 bits per heavy atom. The predicted molar refractivity (Wildman–Crippen MR) is 91.8 cm³/mol. The highest BCUT2D eigenvalue weighted by Crippen LogP contribution is 2.23. The molecule has 1 atom stereocenters. The molecule has 2 saturated heterocycles. The van der Waals surface area contributed by atoms with Gasteiger partial charge in [-0.3, -0.25) is 19.8 Å². The van der Waals surface area contributed by atoms with Crippen molar-refractivity contribution in [1.82, 2.24) is 14.8 Å². The Labute approximate surface area is 146 Å². The summed E-state index contributed by atoms with van der Waals surface area (Å²) in [5, 5.41) is 2.21. The van der Waals surface area contributed by atoms with Crippen LogP contribution in [0.4, 0.5) is 4.79 Å². The Morgan fingerprint density at radius 3 is 2.72 bits per heavy atom. The number of carbonyl (C=O) groups excluding carboxylic acids is 3. The van der Waals surface area contributed by atoms with E-state index in [1.807, 2.05) is 19.9 Å². The Hall–Kier alpha value is -2.41. The van der Waals surface area contributed by atoms with Crippen LogP contribution in [0.1, 0.15) is 36.7 Å². The maximum atomic E-state index is 12.4. The van der Waals surface area contributed by atoms with Gasteiger partial charge in [-0.05, 0) is 51.3 Å². The van der Waals surface area contributed by atoms with Crippen LogP contribution in [-0.2, 0) is 20.9 Å². The van der Waals surface area contributed by atoms with Gasteiger partial charge in [0, 0.05) is 31.1 Å².